The highest BCUT2D eigenvalue weighted by Gasteiger charge is 2.17. The van der Waals surface area contributed by atoms with Gasteiger partial charge in [-0.25, -0.2) is 8.42 Å². The molecule has 0 heterocycles. The number of sulfonamides is 1. The van der Waals surface area contributed by atoms with Crippen molar-refractivity contribution in [3.05, 3.63) is 29.8 Å². The van der Waals surface area contributed by atoms with Crippen molar-refractivity contribution in [1.29, 1.82) is 0 Å². The predicted molar refractivity (Wildman–Crippen MR) is 78.7 cm³/mol. The largest absolute Gasteiger partial charge is 0.481 e. The average molecular weight is 314 g/mol. The number of carbonyl (C=O) groups excluding carboxylic acids is 1. The number of anilines is 1. The lowest BCUT2D eigenvalue weighted by molar-refractivity contribution is -0.136. The Kier molecular flexibility index (Phi) is 6.16. The fourth-order valence-electron chi connectivity index (χ4n) is 1.54. The summed E-state index contributed by atoms with van der Waals surface area (Å²) in [6.07, 6.45) is 0.262. The summed E-state index contributed by atoms with van der Waals surface area (Å²) in [5.41, 5.74) is 0.335. The molecule has 0 aliphatic heterocycles. The van der Waals surface area contributed by atoms with E-state index in [4.69, 9.17) is 5.11 Å². The minimum atomic E-state index is -3.82. The first-order valence-corrected chi connectivity index (χ1v) is 8.10. The second-order valence-electron chi connectivity index (χ2n) is 4.37. The fourth-order valence-corrected chi connectivity index (χ4v) is 2.60. The molecule has 3 N–H and O–H groups in total. The minimum absolute atomic E-state index is 0.136. The predicted octanol–water partition coefficient (Wildman–Crippen LogP) is 1.04. The summed E-state index contributed by atoms with van der Waals surface area (Å²) in [7, 11) is -3.82. The number of carboxylic acids is 1. The molecule has 0 spiro atoms. The molecule has 0 aromatic heterocycles. The van der Waals surface area contributed by atoms with Crippen LogP contribution >= 0.6 is 0 Å². The number of carboxylic acid groups (broad SMARTS) is 1. The van der Waals surface area contributed by atoms with Gasteiger partial charge in [-0.1, -0.05) is 19.1 Å². The number of hydrogen-bond donors (Lipinski definition) is 3. The zero-order chi connectivity index (χ0) is 15.9. The van der Waals surface area contributed by atoms with E-state index in [0.29, 0.717) is 6.54 Å². The Morgan fingerprint density at radius 1 is 1.24 bits per heavy atom. The lowest BCUT2D eigenvalue weighted by Gasteiger charge is -2.12. The lowest BCUT2D eigenvalue weighted by atomic mass is 10.1. The maximum atomic E-state index is 11.9. The Hall–Kier alpha value is -2.09. The quantitative estimate of drug-likeness (QED) is 0.663. The van der Waals surface area contributed by atoms with Crippen LogP contribution in [-0.4, -0.2) is 37.7 Å². The molecule has 1 aromatic rings. The van der Waals surface area contributed by atoms with Crippen LogP contribution in [-0.2, 0) is 14.8 Å². The Balaban J connectivity index is 2.88. The summed E-state index contributed by atoms with van der Waals surface area (Å²) >= 11 is 0. The third kappa shape index (κ3) is 5.82. The molecular weight excluding hydrogens is 296 g/mol. The Bertz CT molecular complexity index is 613. The third-order valence-corrected chi connectivity index (χ3v) is 3.83. The molecule has 1 amide bonds. The molecule has 0 saturated heterocycles. The van der Waals surface area contributed by atoms with Gasteiger partial charge in [0.1, 0.15) is 0 Å². The van der Waals surface area contributed by atoms with Gasteiger partial charge in [-0.2, -0.15) is 0 Å². The standard InChI is InChI=1S/C13H18N2O5S/c1-2-8-14-13(18)10-5-3-4-6-11(10)15-21(19,20)9-7-12(16)17/h3-6,15H,2,7-9H2,1H3,(H,14,18)(H,16,17). The van der Waals surface area contributed by atoms with Crippen molar-refractivity contribution >= 4 is 27.6 Å². The molecule has 7 nitrogen and oxygen atoms in total. The van der Waals surface area contributed by atoms with E-state index >= 15 is 0 Å². The number of para-hydroxylation sites is 1. The molecule has 0 bridgehead atoms. The van der Waals surface area contributed by atoms with Gasteiger partial charge in [0, 0.05) is 6.54 Å². The molecule has 1 aromatic carbocycles. The van der Waals surface area contributed by atoms with Crippen LogP contribution < -0.4 is 10.0 Å². The Labute approximate surface area is 123 Å². The first kappa shape index (κ1) is 17.0. The van der Waals surface area contributed by atoms with E-state index in [0.717, 1.165) is 6.42 Å². The highest BCUT2D eigenvalue weighted by molar-refractivity contribution is 7.92. The van der Waals surface area contributed by atoms with Gasteiger partial charge in [0.25, 0.3) is 5.91 Å². The van der Waals surface area contributed by atoms with Gasteiger partial charge in [0.15, 0.2) is 0 Å². The first-order valence-electron chi connectivity index (χ1n) is 6.45. The second kappa shape index (κ2) is 7.63. The van der Waals surface area contributed by atoms with Crippen LogP contribution in [0.5, 0.6) is 0 Å². The zero-order valence-electron chi connectivity index (χ0n) is 11.6. The summed E-state index contributed by atoms with van der Waals surface area (Å²) in [5.74, 6) is -2.13. The number of aliphatic carboxylic acids is 1. The molecule has 0 unspecified atom stereocenters. The van der Waals surface area contributed by atoms with E-state index in [1.807, 2.05) is 6.92 Å². The summed E-state index contributed by atoms with van der Waals surface area (Å²) < 4.78 is 25.8. The van der Waals surface area contributed by atoms with Gasteiger partial charge in [-0.05, 0) is 18.6 Å². The van der Waals surface area contributed by atoms with Gasteiger partial charge in [-0.15, -0.1) is 0 Å². The maximum Gasteiger partial charge on any atom is 0.304 e. The van der Waals surface area contributed by atoms with Crippen LogP contribution in [0.15, 0.2) is 24.3 Å². The molecular formula is C13H18N2O5S. The van der Waals surface area contributed by atoms with E-state index in [-0.39, 0.29) is 17.2 Å². The van der Waals surface area contributed by atoms with Crippen LogP contribution in [0.3, 0.4) is 0 Å². The molecule has 0 saturated carbocycles. The van der Waals surface area contributed by atoms with Crippen LogP contribution in [0, 0.1) is 0 Å². The van der Waals surface area contributed by atoms with E-state index in [9.17, 15) is 18.0 Å². The average Bonchev–Trinajstić information content (AvgIpc) is 2.43. The van der Waals surface area contributed by atoms with Crippen molar-refractivity contribution in [2.75, 3.05) is 17.0 Å². The lowest BCUT2D eigenvalue weighted by Crippen LogP contribution is -2.26. The maximum absolute atomic E-state index is 11.9. The van der Waals surface area contributed by atoms with Crippen molar-refractivity contribution in [2.24, 2.45) is 0 Å². The normalized spacial score (nSPS) is 10.9. The van der Waals surface area contributed by atoms with E-state index < -0.39 is 28.2 Å². The smallest absolute Gasteiger partial charge is 0.304 e. The third-order valence-electron chi connectivity index (χ3n) is 2.56. The van der Waals surface area contributed by atoms with Crippen LogP contribution in [0.4, 0.5) is 5.69 Å². The summed E-state index contributed by atoms with van der Waals surface area (Å²) in [6, 6.07) is 6.17. The number of nitrogens with one attached hydrogen (secondary N) is 2. The second-order valence-corrected chi connectivity index (χ2v) is 6.21. The van der Waals surface area contributed by atoms with E-state index in [1.54, 1.807) is 12.1 Å². The van der Waals surface area contributed by atoms with Crippen LogP contribution in [0.25, 0.3) is 0 Å². The topological polar surface area (TPSA) is 113 Å². The molecule has 0 fully saturated rings. The van der Waals surface area contributed by atoms with Crippen molar-refractivity contribution in [3.63, 3.8) is 0 Å². The molecule has 0 aliphatic rings. The zero-order valence-corrected chi connectivity index (χ0v) is 12.4. The molecule has 21 heavy (non-hydrogen) atoms. The van der Waals surface area contributed by atoms with E-state index in [2.05, 4.69) is 10.0 Å². The van der Waals surface area contributed by atoms with Crippen molar-refractivity contribution in [3.8, 4) is 0 Å². The number of rotatable bonds is 8. The Morgan fingerprint density at radius 3 is 2.52 bits per heavy atom. The fraction of sp³-hybridized carbons (Fsp3) is 0.385. The molecule has 0 atom stereocenters. The van der Waals surface area contributed by atoms with Crippen molar-refractivity contribution in [2.45, 2.75) is 19.8 Å². The van der Waals surface area contributed by atoms with Gasteiger partial charge in [-0.3, -0.25) is 14.3 Å². The minimum Gasteiger partial charge on any atom is -0.481 e. The monoisotopic (exact) mass is 314 g/mol. The number of carbonyl (C=O) groups is 2. The van der Waals surface area contributed by atoms with Gasteiger partial charge in [0.2, 0.25) is 10.0 Å². The first-order chi connectivity index (χ1) is 9.85. The summed E-state index contributed by atoms with van der Waals surface area (Å²) in [5, 5.41) is 11.2. The number of hydrogen-bond acceptors (Lipinski definition) is 4. The van der Waals surface area contributed by atoms with Crippen LogP contribution in [0.2, 0.25) is 0 Å². The van der Waals surface area contributed by atoms with Crippen molar-refractivity contribution in [1.82, 2.24) is 5.32 Å². The van der Waals surface area contributed by atoms with Gasteiger partial charge >= 0.3 is 5.97 Å². The Morgan fingerprint density at radius 2 is 1.90 bits per heavy atom. The molecule has 0 aliphatic carbocycles. The van der Waals surface area contributed by atoms with Crippen molar-refractivity contribution < 1.29 is 23.1 Å². The van der Waals surface area contributed by atoms with Crippen LogP contribution in [0.1, 0.15) is 30.1 Å². The highest BCUT2D eigenvalue weighted by atomic mass is 32.2. The molecule has 116 valence electrons. The van der Waals surface area contributed by atoms with Gasteiger partial charge < -0.3 is 10.4 Å². The summed E-state index contributed by atoms with van der Waals surface area (Å²) in [4.78, 5) is 22.4. The van der Waals surface area contributed by atoms with E-state index in [1.165, 1.54) is 12.1 Å². The summed E-state index contributed by atoms with van der Waals surface area (Å²) in [6.45, 7) is 2.39. The van der Waals surface area contributed by atoms with Gasteiger partial charge in [0.05, 0.1) is 23.4 Å². The SMILES string of the molecule is CCCNC(=O)c1ccccc1NS(=O)(=O)CCC(=O)O. The number of benzene rings is 1. The molecule has 1 rings (SSSR count). The molecule has 0 radical (unpaired) electrons. The highest BCUT2D eigenvalue weighted by Crippen LogP contribution is 2.17. The number of amides is 1. The molecule has 8 heteroatoms.